The zero-order valence-electron chi connectivity index (χ0n) is 11.6. The molecule has 0 aliphatic rings. The van der Waals surface area contributed by atoms with Crippen LogP contribution in [0, 0.1) is 4.77 Å². The highest BCUT2D eigenvalue weighted by Crippen LogP contribution is 2.23. The molecule has 0 aliphatic heterocycles. The predicted octanol–water partition coefficient (Wildman–Crippen LogP) is 3.66. The molecular weight excluding hydrogens is 380 g/mol. The first-order valence-electron chi connectivity index (χ1n) is 6.54. The Labute approximate surface area is 144 Å². The largest absolute Gasteiger partial charge is 0.508 e. The molecule has 0 unspecified atom stereocenters. The first-order chi connectivity index (χ1) is 11.0. The topological polar surface area (TPSA) is 86.4 Å². The van der Waals surface area contributed by atoms with E-state index >= 15 is 0 Å². The Bertz CT molecular complexity index is 949. The van der Waals surface area contributed by atoms with E-state index in [-0.39, 0.29) is 11.5 Å². The van der Waals surface area contributed by atoms with Gasteiger partial charge in [0, 0.05) is 21.7 Å². The molecule has 23 heavy (non-hydrogen) atoms. The molecule has 0 atom stereocenters. The molecule has 3 N–H and O–H groups in total. The fourth-order valence-electron chi connectivity index (χ4n) is 1.97. The van der Waals surface area contributed by atoms with E-state index in [0.717, 1.165) is 10.0 Å². The van der Waals surface area contributed by atoms with E-state index in [1.165, 1.54) is 23.0 Å². The Morgan fingerprint density at radius 2 is 2.04 bits per heavy atom. The van der Waals surface area contributed by atoms with Crippen LogP contribution in [0.5, 0.6) is 11.5 Å². The molecule has 0 amide bonds. The summed E-state index contributed by atoms with van der Waals surface area (Å²) in [6, 6.07) is 11.8. The van der Waals surface area contributed by atoms with Gasteiger partial charge >= 0.3 is 0 Å². The van der Waals surface area contributed by atoms with Gasteiger partial charge in [0.15, 0.2) is 5.82 Å². The number of benzene rings is 2. The maximum Gasteiger partial charge on any atom is 0.216 e. The van der Waals surface area contributed by atoms with Crippen molar-refractivity contribution in [1.29, 1.82) is 0 Å². The van der Waals surface area contributed by atoms with Crippen molar-refractivity contribution in [2.45, 2.75) is 0 Å². The van der Waals surface area contributed by atoms with Crippen LogP contribution in [0.4, 0.5) is 0 Å². The molecule has 0 fully saturated rings. The number of aromatic hydroxyl groups is 2. The van der Waals surface area contributed by atoms with Crippen molar-refractivity contribution in [3.05, 3.63) is 57.3 Å². The van der Waals surface area contributed by atoms with Gasteiger partial charge in [0.2, 0.25) is 4.77 Å². The van der Waals surface area contributed by atoms with Gasteiger partial charge in [-0.15, -0.1) is 0 Å². The number of H-pyrrole nitrogens is 1. The molecule has 0 saturated heterocycles. The molecule has 2 aromatic carbocycles. The smallest absolute Gasteiger partial charge is 0.216 e. The summed E-state index contributed by atoms with van der Waals surface area (Å²) < 4.78 is 2.70. The van der Waals surface area contributed by atoms with Gasteiger partial charge in [-0.05, 0) is 36.5 Å². The molecule has 3 rings (SSSR count). The molecule has 0 spiro atoms. The number of aromatic nitrogens is 3. The van der Waals surface area contributed by atoms with E-state index < -0.39 is 0 Å². The van der Waals surface area contributed by atoms with Gasteiger partial charge in [0.1, 0.15) is 11.5 Å². The third-order valence-corrected chi connectivity index (χ3v) is 3.82. The average Bonchev–Trinajstić information content (AvgIpc) is 2.87. The van der Waals surface area contributed by atoms with Crippen molar-refractivity contribution in [2.24, 2.45) is 5.10 Å². The van der Waals surface area contributed by atoms with Crippen LogP contribution in [0.15, 0.2) is 52.0 Å². The van der Waals surface area contributed by atoms with Crippen LogP contribution >= 0.6 is 28.1 Å². The number of aromatic amines is 1. The van der Waals surface area contributed by atoms with Crippen LogP contribution in [0.25, 0.3) is 11.4 Å². The van der Waals surface area contributed by atoms with Gasteiger partial charge in [-0.2, -0.15) is 14.9 Å². The molecule has 0 radical (unpaired) electrons. The number of phenolic OH excluding ortho intramolecular Hbond substituents is 2. The molecule has 0 aliphatic carbocycles. The van der Waals surface area contributed by atoms with E-state index in [1.54, 1.807) is 6.07 Å². The summed E-state index contributed by atoms with van der Waals surface area (Å²) in [5.41, 5.74) is 1.28. The lowest BCUT2D eigenvalue weighted by Gasteiger charge is -2.02. The van der Waals surface area contributed by atoms with E-state index in [2.05, 4.69) is 31.2 Å². The maximum absolute atomic E-state index is 9.80. The Balaban J connectivity index is 2.02. The fourth-order valence-corrected chi connectivity index (χ4v) is 2.55. The zero-order valence-corrected chi connectivity index (χ0v) is 14.0. The molecule has 0 saturated carbocycles. The van der Waals surface area contributed by atoms with E-state index in [9.17, 15) is 10.2 Å². The maximum atomic E-state index is 9.80. The molecule has 1 aromatic heterocycles. The lowest BCUT2D eigenvalue weighted by Crippen LogP contribution is -1.95. The second-order valence-corrected chi connectivity index (χ2v) is 5.96. The summed E-state index contributed by atoms with van der Waals surface area (Å²) in [7, 11) is 0. The van der Waals surface area contributed by atoms with Crippen molar-refractivity contribution in [3.63, 3.8) is 0 Å². The van der Waals surface area contributed by atoms with Crippen LogP contribution in [0.3, 0.4) is 0 Å². The zero-order chi connectivity index (χ0) is 16.4. The highest BCUT2D eigenvalue weighted by molar-refractivity contribution is 9.10. The summed E-state index contributed by atoms with van der Waals surface area (Å²) >= 11 is 8.61. The summed E-state index contributed by atoms with van der Waals surface area (Å²) in [5, 5.41) is 30.3. The fraction of sp³-hybridized carbons (Fsp3) is 0. The molecule has 1 heterocycles. The molecule has 3 aromatic rings. The molecular formula is C15H11BrN4O2S. The lowest BCUT2D eigenvalue weighted by atomic mass is 10.2. The van der Waals surface area contributed by atoms with Crippen molar-refractivity contribution in [3.8, 4) is 22.9 Å². The van der Waals surface area contributed by atoms with Gasteiger partial charge < -0.3 is 10.2 Å². The highest BCUT2D eigenvalue weighted by atomic mass is 79.9. The van der Waals surface area contributed by atoms with E-state index in [4.69, 9.17) is 12.2 Å². The van der Waals surface area contributed by atoms with Crippen molar-refractivity contribution >= 4 is 34.4 Å². The molecule has 0 bridgehead atoms. The lowest BCUT2D eigenvalue weighted by molar-refractivity contribution is 0.450. The van der Waals surface area contributed by atoms with Crippen molar-refractivity contribution in [1.82, 2.24) is 14.9 Å². The first kappa shape index (κ1) is 15.4. The summed E-state index contributed by atoms with van der Waals surface area (Å²) in [6.45, 7) is 0. The third kappa shape index (κ3) is 3.33. The van der Waals surface area contributed by atoms with Crippen LogP contribution in [-0.4, -0.2) is 31.3 Å². The minimum Gasteiger partial charge on any atom is -0.508 e. The van der Waals surface area contributed by atoms with Gasteiger partial charge in [-0.1, -0.05) is 28.1 Å². The number of rotatable bonds is 3. The van der Waals surface area contributed by atoms with Gasteiger partial charge in [-0.3, -0.25) is 0 Å². The predicted molar refractivity (Wildman–Crippen MR) is 93.3 cm³/mol. The molecule has 116 valence electrons. The normalized spacial score (nSPS) is 11.2. The van der Waals surface area contributed by atoms with Crippen LogP contribution in [0.2, 0.25) is 0 Å². The Kier molecular flexibility index (Phi) is 4.26. The number of phenols is 2. The summed E-state index contributed by atoms with van der Waals surface area (Å²) in [5.74, 6) is 0.452. The summed E-state index contributed by atoms with van der Waals surface area (Å²) in [6.07, 6.45) is 1.45. The van der Waals surface area contributed by atoms with Gasteiger partial charge in [0.05, 0.1) is 6.21 Å². The monoisotopic (exact) mass is 390 g/mol. The Morgan fingerprint density at radius 1 is 1.22 bits per heavy atom. The number of nitrogens with one attached hydrogen (secondary N) is 1. The SMILES string of the molecule is Oc1ccc(/C=N/n2c(-c3cccc(Br)c3)n[nH]c2=S)c(O)c1. The Hall–Kier alpha value is -2.45. The minimum absolute atomic E-state index is 0.0191. The Morgan fingerprint density at radius 3 is 2.78 bits per heavy atom. The number of halogens is 1. The average molecular weight is 391 g/mol. The number of hydrogen-bond acceptors (Lipinski definition) is 5. The van der Waals surface area contributed by atoms with E-state index in [1.807, 2.05) is 24.3 Å². The summed E-state index contributed by atoms with van der Waals surface area (Å²) in [4.78, 5) is 0. The highest BCUT2D eigenvalue weighted by Gasteiger charge is 2.08. The van der Waals surface area contributed by atoms with Crippen molar-refractivity contribution in [2.75, 3.05) is 0 Å². The standard InChI is InChI=1S/C15H11BrN4O2S/c16-11-3-1-2-9(6-11)14-18-19-15(23)20(14)17-8-10-4-5-12(21)7-13(10)22/h1-8,21-22H,(H,19,23)/b17-8+. The number of hydrogen-bond donors (Lipinski definition) is 3. The van der Waals surface area contributed by atoms with Crippen LogP contribution in [-0.2, 0) is 0 Å². The third-order valence-electron chi connectivity index (χ3n) is 3.06. The second kappa shape index (κ2) is 6.35. The number of nitrogens with zero attached hydrogens (tertiary/aromatic N) is 3. The first-order valence-corrected chi connectivity index (χ1v) is 7.74. The minimum atomic E-state index is -0.0761. The van der Waals surface area contributed by atoms with Crippen LogP contribution < -0.4 is 0 Å². The molecule has 8 heteroatoms. The van der Waals surface area contributed by atoms with E-state index in [0.29, 0.717) is 16.2 Å². The molecule has 6 nitrogen and oxygen atoms in total. The van der Waals surface area contributed by atoms with Gasteiger partial charge in [-0.25, -0.2) is 5.10 Å². The van der Waals surface area contributed by atoms with Crippen LogP contribution in [0.1, 0.15) is 5.56 Å². The second-order valence-electron chi connectivity index (χ2n) is 4.66. The van der Waals surface area contributed by atoms with Crippen molar-refractivity contribution < 1.29 is 10.2 Å². The quantitative estimate of drug-likeness (QED) is 0.470. The van der Waals surface area contributed by atoms with Gasteiger partial charge in [0.25, 0.3) is 0 Å².